The van der Waals surface area contributed by atoms with Crippen LogP contribution in [-0.4, -0.2) is 17.0 Å². The Bertz CT molecular complexity index is 709. The van der Waals surface area contributed by atoms with Gasteiger partial charge in [-0.15, -0.1) is 11.3 Å². The first-order chi connectivity index (χ1) is 9.78. The molecule has 4 nitrogen and oxygen atoms in total. The average Bonchev–Trinajstić information content (AvgIpc) is 2.99. The van der Waals surface area contributed by atoms with E-state index in [1.54, 1.807) is 11.3 Å². The number of fused-ring (bicyclic) bond motifs is 1. The SMILES string of the molecule is CN(Cc1cscn1)c1cc(CN)c2ccccc2n1. The highest BCUT2D eigenvalue weighted by Crippen LogP contribution is 2.23. The summed E-state index contributed by atoms with van der Waals surface area (Å²) >= 11 is 1.61. The Kier molecular flexibility index (Phi) is 3.62. The van der Waals surface area contributed by atoms with E-state index < -0.39 is 0 Å². The van der Waals surface area contributed by atoms with Gasteiger partial charge in [-0.25, -0.2) is 9.97 Å². The zero-order valence-corrected chi connectivity index (χ0v) is 12.1. The molecule has 2 aromatic heterocycles. The van der Waals surface area contributed by atoms with Crippen LogP contribution in [0, 0.1) is 0 Å². The Morgan fingerprint density at radius 2 is 2.15 bits per heavy atom. The lowest BCUT2D eigenvalue weighted by molar-refractivity contribution is 0.875. The van der Waals surface area contributed by atoms with Crippen LogP contribution in [0.1, 0.15) is 11.3 Å². The number of anilines is 1. The highest BCUT2D eigenvalue weighted by atomic mass is 32.1. The van der Waals surface area contributed by atoms with Gasteiger partial charge in [0.15, 0.2) is 0 Å². The fourth-order valence-corrected chi connectivity index (χ4v) is 2.79. The summed E-state index contributed by atoms with van der Waals surface area (Å²) in [5.41, 5.74) is 10.9. The Morgan fingerprint density at radius 3 is 2.90 bits per heavy atom. The maximum atomic E-state index is 5.86. The number of aromatic nitrogens is 2. The predicted octanol–water partition coefficient (Wildman–Crippen LogP) is 2.79. The number of hydrogen-bond donors (Lipinski definition) is 1. The van der Waals surface area contributed by atoms with Gasteiger partial charge in [0.2, 0.25) is 0 Å². The molecule has 0 atom stereocenters. The molecule has 2 heterocycles. The Morgan fingerprint density at radius 1 is 1.30 bits per heavy atom. The molecule has 3 rings (SSSR count). The minimum atomic E-state index is 0.514. The van der Waals surface area contributed by atoms with Gasteiger partial charge in [0.05, 0.1) is 23.3 Å². The summed E-state index contributed by atoms with van der Waals surface area (Å²) in [6, 6.07) is 10.2. The number of hydrogen-bond acceptors (Lipinski definition) is 5. The Labute approximate surface area is 121 Å². The van der Waals surface area contributed by atoms with Crippen molar-refractivity contribution in [1.29, 1.82) is 0 Å². The smallest absolute Gasteiger partial charge is 0.129 e. The summed E-state index contributed by atoms with van der Waals surface area (Å²) < 4.78 is 0. The molecule has 2 N–H and O–H groups in total. The molecule has 5 heteroatoms. The zero-order valence-electron chi connectivity index (χ0n) is 11.3. The lowest BCUT2D eigenvalue weighted by atomic mass is 10.1. The quantitative estimate of drug-likeness (QED) is 0.800. The van der Waals surface area contributed by atoms with Gasteiger partial charge in [0.1, 0.15) is 5.82 Å². The summed E-state index contributed by atoms with van der Waals surface area (Å²) in [5, 5.41) is 3.18. The fraction of sp³-hybridized carbons (Fsp3) is 0.200. The van der Waals surface area contributed by atoms with Crippen molar-refractivity contribution in [1.82, 2.24) is 9.97 Å². The molecule has 3 aromatic rings. The van der Waals surface area contributed by atoms with E-state index in [0.29, 0.717) is 6.54 Å². The fourth-order valence-electron chi connectivity index (χ4n) is 2.24. The molecule has 0 fully saturated rings. The average molecular weight is 284 g/mol. The maximum Gasteiger partial charge on any atom is 0.129 e. The van der Waals surface area contributed by atoms with Crippen molar-refractivity contribution in [2.45, 2.75) is 13.1 Å². The van der Waals surface area contributed by atoms with E-state index in [2.05, 4.69) is 27.4 Å². The molecule has 0 aliphatic rings. The first-order valence-corrected chi connectivity index (χ1v) is 7.39. The third-order valence-corrected chi connectivity index (χ3v) is 3.92. The molecule has 0 saturated heterocycles. The number of pyridine rings is 1. The van der Waals surface area contributed by atoms with Crippen LogP contribution >= 0.6 is 11.3 Å². The van der Waals surface area contributed by atoms with E-state index >= 15 is 0 Å². The second kappa shape index (κ2) is 5.56. The lowest BCUT2D eigenvalue weighted by Gasteiger charge is -2.18. The minimum Gasteiger partial charge on any atom is -0.354 e. The number of nitrogens with two attached hydrogens (primary N) is 1. The van der Waals surface area contributed by atoms with Crippen LogP contribution in [0.25, 0.3) is 10.9 Å². The predicted molar refractivity (Wildman–Crippen MR) is 83.9 cm³/mol. The molecule has 1 aromatic carbocycles. The molecule has 0 aliphatic heterocycles. The Balaban J connectivity index is 1.98. The standard InChI is InChI=1S/C15H16N4S/c1-19(8-12-9-20-10-17-12)15-6-11(7-16)13-4-2-3-5-14(13)18-15/h2-6,9-10H,7-8,16H2,1H3. The van der Waals surface area contributed by atoms with Crippen molar-refractivity contribution in [3.05, 3.63) is 52.5 Å². The normalized spacial score (nSPS) is 10.9. The van der Waals surface area contributed by atoms with Gasteiger partial charge in [0.25, 0.3) is 0 Å². The molecule has 102 valence electrons. The van der Waals surface area contributed by atoms with Crippen LogP contribution in [-0.2, 0) is 13.1 Å². The van der Waals surface area contributed by atoms with Gasteiger partial charge in [0, 0.05) is 24.4 Å². The van der Waals surface area contributed by atoms with Crippen molar-refractivity contribution in [2.24, 2.45) is 5.73 Å². The summed E-state index contributed by atoms with van der Waals surface area (Å²) in [6.07, 6.45) is 0. The van der Waals surface area contributed by atoms with Crippen LogP contribution in [0.3, 0.4) is 0 Å². The first kappa shape index (κ1) is 13.0. The second-order valence-corrected chi connectivity index (χ2v) is 5.42. The number of thiazole rings is 1. The van der Waals surface area contributed by atoms with E-state index in [4.69, 9.17) is 10.7 Å². The van der Waals surface area contributed by atoms with Crippen LogP contribution in [0.15, 0.2) is 41.2 Å². The van der Waals surface area contributed by atoms with E-state index in [1.165, 1.54) is 0 Å². The summed E-state index contributed by atoms with van der Waals surface area (Å²) in [4.78, 5) is 11.1. The van der Waals surface area contributed by atoms with Crippen LogP contribution < -0.4 is 10.6 Å². The highest BCUT2D eigenvalue weighted by molar-refractivity contribution is 7.07. The van der Waals surface area contributed by atoms with Crippen molar-refractivity contribution in [3.63, 3.8) is 0 Å². The van der Waals surface area contributed by atoms with Gasteiger partial charge < -0.3 is 10.6 Å². The number of rotatable bonds is 4. The summed E-state index contributed by atoms with van der Waals surface area (Å²) in [7, 11) is 2.02. The third-order valence-electron chi connectivity index (χ3n) is 3.28. The summed E-state index contributed by atoms with van der Waals surface area (Å²) in [6.45, 7) is 1.26. The summed E-state index contributed by atoms with van der Waals surface area (Å²) in [5.74, 6) is 0.928. The van der Waals surface area contributed by atoms with Crippen molar-refractivity contribution in [3.8, 4) is 0 Å². The van der Waals surface area contributed by atoms with Gasteiger partial charge in [-0.05, 0) is 17.7 Å². The van der Waals surface area contributed by atoms with Crippen LogP contribution in [0.2, 0.25) is 0 Å². The molecule has 0 bridgehead atoms. The topological polar surface area (TPSA) is 55.0 Å². The molecule has 0 amide bonds. The molecule has 0 spiro atoms. The van der Waals surface area contributed by atoms with E-state index in [9.17, 15) is 0 Å². The van der Waals surface area contributed by atoms with Gasteiger partial charge in [-0.3, -0.25) is 0 Å². The van der Waals surface area contributed by atoms with E-state index in [0.717, 1.165) is 34.5 Å². The van der Waals surface area contributed by atoms with Gasteiger partial charge >= 0.3 is 0 Å². The highest BCUT2D eigenvalue weighted by Gasteiger charge is 2.09. The van der Waals surface area contributed by atoms with E-state index in [1.807, 2.05) is 30.8 Å². The molecular formula is C15H16N4S. The van der Waals surface area contributed by atoms with Crippen LogP contribution in [0.5, 0.6) is 0 Å². The molecule has 20 heavy (non-hydrogen) atoms. The molecule has 0 aliphatic carbocycles. The van der Waals surface area contributed by atoms with Crippen molar-refractivity contribution < 1.29 is 0 Å². The minimum absolute atomic E-state index is 0.514. The second-order valence-electron chi connectivity index (χ2n) is 4.70. The molecular weight excluding hydrogens is 268 g/mol. The largest absolute Gasteiger partial charge is 0.354 e. The van der Waals surface area contributed by atoms with Gasteiger partial charge in [-0.2, -0.15) is 0 Å². The lowest BCUT2D eigenvalue weighted by Crippen LogP contribution is -2.18. The number of nitrogens with zero attached hydrogens (tertiary/aromatic N) is 3. The maximum absolute atomic E-state index is 5.86. The molecule has 0 saturated carbocycles. The van der Waals surface area contributed by atoms with E-state index in [-0.39, 0.29) is 0 Å². The molecule has 0 radical (unpaired) electrons. The monoisotopic (exact) mass is 284 g/mol. The van der Waals surface area contributed by atoms with Crippen molar-refractivity contribution in [2.75, 3.05) is 11.9 Å². The third kappa shape index (κ3) is 2.50. The zero-order chi connectivity index (χ0) is 13.9. The number of benzene rings is 1. The van der Waals surface area contributed by atoms with Crippen LogP contribution in [0.4, 0.5) is 5.82 Å². The Hall–Kier alpha value is -1.98. The van der Waals surface area contributed by atoms with Crippen molar-refractivity contribution >= 4 is 28.1 Å². The number of para-hydroxylation sites is 1. The first-order valence-electron chi connectivity index (χ1n) is 6.45. The van der Waals surface area contributed by atoms with Gasteiger partial charge in [-0.1, -0.05) is 18.2 Å². The molecule has 0 unspecified atom stereocenters.